The number of aryl methyl sites for hydroxylation is 2. The van der Waals surface area contributed by atoms with E-state index in [1.807, 2.05) is 0 Å². The number of sulfone groups is 1. The summed E-state index contributed by atoms with van der Waals surface area (Å²) in [7, 11) is -7.79. The minimum atomic E-state index is -4.03. The SMILES string of the molecule is Cc1noc(C)c1S(=O)(=O)n1cccc1/C=C(\C#N)S(C)(=O)=O. The lowest BCUT2D eigenvalue weighted by Gasteiger charge is -2.08. The molecule has 0 amide bonds. The molecule has 2 heterocycles. The molecule has 2 aromatic rings. The molecular weight excluding hydrogens is 342 g/mol. The molecule has 0 atom stereocenters. The van der Waals surface area contributed by atoms with Gasteiger partial charge in [-0.1, -0.05) is 5.16 Å². The number of rotatable bonds is 4. The molecule has 0 aliphatic rings. The van der Waals surface area contributed by atoms with Gasteiger partial charge < -0.3 is 4.52 Å². The van der Waals surface area contributed by atoms with Crippen molar-refractivity contribution in [3.8, 4) is 6.07 Å². The first-order chi connectivity index (χ1) is 10.6. The standard InChI is InChI=1S/C13H13N3O5S2/c1-9-13(10(2)21-15-9)23(19,20)16-6-4-5-11(16)7-12(8-14)22(3,17)18/h4-7H,1-3H3/b12-7+. The fraction of sp³-hybridized carbons (Fsp3) is 0.231. The first-order valence-electron chi connectivity index (χ1n) is 6.26. The zero-order valence-corrected chi connectivity index (χ0v) is 14.1. The zero-order valence-electron chi connectivity index (χ0n) is 12.5. The molecule has 0 aliphatic carbocycles. The summed E-state index contributed by atoms with van der Waals surface area (Å²) in [5.41, 5.74) is 0.224. The third-order valence-electron chi connectivity index (χ3n) is 3.02. The van der Waals surface area contributed by atoms with Gasteiger partial charge >= 0.3 is 0 Å². The maximum Gasteiger partial charge on any atom is 0.273 e. The zero-order chi connectivity index (χ0) is 17.4. The number of hydrogen-bond donors (Lipinski definition) is 0. The van der Waals surface area contributed by atoms with Crippen LogP contribution in [0.4, 0.5) is 0 Å². The van der Waals surface area contributed by atoms with Crippen molar-refractivity contribution in [3.05, 3.63) is 40.4 Å². The first-order valence-corrected chi connectivity index (χ1v) is 9.60. The van der Waals surface area contributed by atoms with E-state index in [-0.39, 0.29) is 22.0 Å². The molecule has 122 valence electrons. The maximum absolute atomic E-state index is 12.7. The molecular formula is C13H13N3O5S2. The molecule has 0 radical (unpaired) electrons. The van der Waals surface area contributed by atoms with Crippen LogP contribution in [-0.4, -0.2) is 32.2 Å². The van der Waals surface area contributed by atoms with Gasteiger partial charge in [-0.2, -0.15) is 5.26 Å². The molecule has 10 heteroatoms. The van der Waals surface area contributed by atoms with E-state index in [2.05, 4.69) is 5.16 Å². The first kappa shape index (κ1) is 17.0. The highest BCUT2D eigenvalue weighted by Crippen LogP contribution is 2.24. The Balaban J connectivity index is 2.68. The number of nitriles is 1. The van der Waals surface area contributed by atoms with Gasteiger partial charge in [0.25, 0.3) is 10.0 Å². The minimum absolute atomic E-state index is 0.0342. The van der Waals surface area contributed by atoms with Gasteiger partial charge in [-0.25, -0.2) is 20.8 Å². The Labute approximate surface area is 133 Å². The summed E-state index contributed by atoms with van der Waals surface area (Å²) in [6.45, 7) is 2.95. The van der Waals surface area contributed by atoms with Gasteiger partial charge in [-0.3, -0.25) is 0 Å². The summed E-state index contributed by atoms with van der Waals surface area (Å²) >= 11 is 0. The average Bonchev–Trinajstić information content (AvgIpc) is 3.02. The fourth-order valence-electron chi connectivity index (χ4n) is 2.01. The van der Waals surface area contributed by atoms with E-state index in [1.54, 1.807) is 6.07 Å². The number of nitrogens with zero attached hydrogens (tertiary/aromatic N) is 3. The number of hydrogen-bond acceptors (Lipinski definition) is 7. The van der Waals surface area contributed by atoms with Crippen molar-refractivity contribution in [2.75, 3.05) is 6.26 Å². The minimum Gasteiger partial charge on any atom is -0.360 e. The summed E-state index contributed by atoms with van der Waals surface area (Å²) in [6.07, 6.45) is 3.13. The second-order valence-electron chi connectivity index (χ2n) is 4.78. The van der Waals surface area contributed by atoms with Crippen molar-refractivity contribution in [2.24, 2.45) is 0 Å². The average molecular weight is 355 g/mol. The second-order valence-corrected chi connectivity index (χ2v) is 8.52. The molecule has 8 nitrogen and oxygen atoms in total. The van der Waals surface area contributed by atoms with E-state index >= 15 is 0 Å². The highest BCUT2D eigenvalue weighted by molar-refractivity contribution is 7.95. The van der Waals surface area contributed by atoms with Crippen molar-refractivity contribution < 1.29 is 21.4 Å². The molecule has 0 saturated carbocycles. The predicted octanol–water partition coefficient (Wildman–Crippen LogP) is 1.24. The molecule has 0 bridgehead atoms. The van der Waals surface area contributed by atoms with E-state index in [1.165, 1.54) is 32.2 Å². The van der Waals surface area contributed by atoms with Crippen LogP contribution in [0.5, 0.6) is 0 Å². The topological polar surface area (TPSA) is 123 Å². The summed E-state index contributed by atoms with van der Waals surface area (Å²) in [5, 5.41) is 12.6. The number of aromatic nitrogens is 2. The molecule has 2 aromatic heterocycles. The van der Waals surface area contributed by atoms with Crippen LogP contribution in [0.3, 0.4) is 0 Å². The predicted molar refractivity (Wildman–Crippen MR) is 81.4 cm³/mol. The van der Waals surface area contributed by atoms with Crippen molar-refractivity contribution in [1.29, 1.82) is 5.26 Å². The van der Waals surface area contributed by atoms with Crippen molar-refractivity contribution in [1.82, 2.24) is 9.13 Å². The Morgan fingerprint density at radius 3 is 2.48 bits per heavy atom. The molecule has 0 aromatic carbocycles. The largest absolute Gasteiger partial charge is 0.360 e. The van der Waals surface area contributed by atoms with Gasteiger partial charge in [0.1, 0.15) is 16.7 Å². The van der Waals surface area contributed by atoms with Crippen LogP contribution in [0.2, 0.25) is 0 Å². The van der Waals surface area contributed by atoms with Crippen molar-refractivity contribution in [3.63, 3.8) is 0 Å². The van der Waals surface area contributed by atoms with E-state index in [0.717, 1.165) is 16.3 Å². The van der Waals surface area contributed by atoms with Crippen LogP contribution in [0.1, 0.15) is 17.1 Å². The normalized spacial score (nSPS) is 13.0. The Hall–Kier alpha value is -2.38. The second kappa shape index (κ2) is 5.68. The highest BCUT2D eigenvalue weighted by atomic mass is 32.2. The van der Waals surface area contributed by atoms with E-state index in [9.17, 15) is 16.8 Å². The third-order valence-corrected chi connectivity index (χ3v) is 5.97. The van der Waals surface area contributed by atoms with Gasteiger partial charge in [0, 0.05) is 12.5 Å². The fourth-order valence-corrected chi connectivity index (χ4v) is 4.14. The molecule has 2 rings (SSSR count). The molecule has 0 unspecified atom stereocenters. The van der Waals surface area contributed by atoms with Crippen LogP contribution in [-0.2, 0) is 19.9 Å². The monoisotopic (exact) mass is 355 g/mol. The lowest BCUT2D eigenvalue weighted by atomic mass is 10.4. The van der Waals surface area contributed by atoms with Gasteiger partial charge in [0.15, 0.2) is 20.5 Å². The molecule has 0 aliphatic heterocycles. The summed E-state index contributed by atoms with van der Waals surface area (Å²) in [4.78, 5) is -0.632. The lowest BCUT2D eigenvalue weighted by Crippen LogP contribution is -2.15. The Morgan fingerprint density at radius 2 is 2.00 bits per heavy atom. The Bertz CT molecular complexity index is 1010. The van der Waals surface area contributed by atoms with Crippen LogP contribution in [0.25, 0.3) is 6.08 Å². The van der Waals surface area contributed by atoms with Gasteiger partial charge in [0.05, 0.1) is 5.69 Å². The summed E-state index contributed by atoms with van der Waals surface area (Å²) in [6, 6.07) is 4.37. The van der Waals surface area contributed by atoms with Crippen LogP contribution >= 0.6 is 0 Å². The van der Waals surface area contributed by atoms with E-state index in [0.29, 0.717) is 0 Å². The van der Waals surface area contributed by atoms with Crippen molar-refractivity contribution >= 4 is 25.9 Å². The highest BCUT2D eigenvalue weighted by Gasteiger charge is 2.27. The molecule has 23 heavy (non-hydrogen) atoms. The Kier molecular flexibility index (Phi) is 4.19. The smallest absolute Gasteiger partial charge is 0.273 e. The molecule has 0 spiro atoms. The Morgan fingerprint density at radius 1 is 1.35 bits per heavy atom. The van der Waals surface area contributed by atoms with Gasteiger partial charge in [-0.05, 0) is 32.1 Å². The molecule has 0 saturated heterocycles. The molecule has 0 N–H and O–H groups in total. The third kappa shape index (κ3) is 3.06. The van der Waals surface area contributed by atoms with E-state index < -0.39 is 24.8 Å². The quantitative estimate of drug-likeness (QED) is 0.756. The van der Waals surface area contributed by atoms with Gasteiger partial charge in [-0.15, -0.1) is 0 Å². The van der Waals surface area contributed by atoms with Crippen LogP contribution in [0.15, 0.2) is 32.7 Å². The van der Waals surface area contributed by atoms with E-state index in [4.69, 9.17) is 9.78 Å². The van der Waals surface area contributed by atoms with Crippen molar-refractivity contribution in [2.45, 2.75) is 18.7 Å². The maximum atomic E-state index is 12.7. The summed E-state index contributed by atoms with van der Waals surface area (Å²) < 4.78 is 54.2. The van der Waals surface area contributed by atoms with Crippen LogP contribution < -0.4 is 0 Å². The van der Waals surface area contributed by atoms with Crippen LogP contribution in [0, 0.1) is 25.2 Å². The summed E-state index contributed by atoms with van der Waals surface area (Å²) in [5.74, 6) is 0.120. The lowest BCUT2D eigenvalue weighted by molar-refractivity contribution is 0.390. The van der Waals surface area contributed by atoms with Gasteiger partial charge in [0.2, 0.25) is 0 Å². The molecule has 0 fully saturated rings. The number of allylic oxidation sites excluding steroid dienone is 1.